The van der Waals surface area contributed by atoms with Gasteiger partial charge in [-0.1, -0.05) is 11.6 Å². The molecule has 1 heterocycles. The van der Waals surface area contributed by atoms with E-state index in [-0.39, 0.29) is 21.0 Å². The van der Waals surface area contributed by atoms with Crippen LogP contribution in [0.5, 0.6) is 0 Å². The number of carboxylic acid groups (broad SMARTS) is 1. The number of carbonyl (C=O) groups is 1. The highest BCUT2D eigenvalue weighted by atomic mass is 35.5. The third-order valence-electron chi connectivity index (χ3n) is 3.64. The average molecular weight is 333 g/mol. The normalized spacial score (nSPS) is 17.9. The molecule has 1 aliphatic rings. The van der Waals surface area contributed by atoms with E-state index >= 15 is 0 Å². The molecule has 8 heteroatoms. The predicted molar refractivity (Wildman–Crippen MR) is 79.4 cm³/mol. The number of benzene rings is 1. The highest BCUT2D eigenvalue weighted by molar-refractivity contribution is 7.89. The van der Waals surface area contributed by atoms with Gasteiger partial charge in [0.1, 0.15) is 0 Å². The molecule has 1 aromatic rings. The summed E-state index contributed by atoms with van der Waals surface area (Å²) < 4.78 is 26.8. The lowest BCUT2D eigenvalue weighted by Crippen LogP contribution is -2.47. The van der Waals surface area contributed by atoms with Crippen molar-refractivity contribution in [2.75, 3.05) is 33.2 Å². The van der Waals surface area contributed by atoms with E-state index in [2.05, 4.69) is 0 Å². The van der Waals surface area contributed by atoms with Gasteiger partial charge in [-0.3, -0.25) is 0 Å². The molecule has 0 unspecified atom stereocenters. The molecule has 0 spiro atoms. The molecule has 116 valence electrons. The van der Waals surface area contributed by atoms with Gasteiger partial charge in [0.25, 0.3) is 0 Å². The highest BCUT2D eigenvalue weighted by Gasteiger charge is 2.30. The monoisotopic (exact) mass is 332 g/mol. The molecule has 2 rings (SSSR count). The fraction of sp³-hybridized carbons (Fsp3) is 0.462. The number of piperazine rings is 1. The summed E-state index contributed by atoms with van der Waals surface area (Å²) in [5.74, 6) is -1.19. The number of sulfonamides is 1. The number of halogens is 1. The first-order valence-corrected chi connectivity index (χ1v) is 8.27. The Balaban J connectivity index is 2.47. The second-order valence-electron chi connectivity index (χ2n) is 5.09. The van der Waals surface area contributed by atoms with Crippen molar-refractivity contribution in [1.82, 2.24) is 9.21 Å². The van der Waals surface area contributed by atoms with Crippen LogP contribution in [0.1, 0.15) is 15.9 Å². The summed E-state index contributed by atoms with van der Waals surface area (Å²) >= 11 is 5.88. The van der Waals surface area contributed by atoms with E-state index in [9.17, 15) is 13.2 Å². The standard InChI is InChI=1S/C13H17ClN2O4S/c1-9-11(13(17)18)7-10(14)8-12(9)21(19,20)16-5-3-15(2)4-6-16/h7-8H,3-6H2,1-2H3,(H,17,18). The second-order valence-corrected chi connectivity index (χ2v) is 7.43. The van der Waals surface area contributed by atoms with Crippen molar-refractivity contribution in [3.05, 3.63) is 28.3 Å². The van der Waals surface area contributed by atoms with Gasteiger partial charge in [-0.25, -0.2) is 13.2 Å². The van der Waals surface area contributed by atoms with Crippen molar-refractivity contribution in [1.29, 1.82) is 0 Å². The lowest BCUT2D eigenvalue weighted by molar-refractivity contribution is 0.0696. The summed E-state index contributed by atoms with van der Waals surface area (Å²) in [6.07, 6.45) is 0. The zero-order chi connectivity index (χ0) is 15.8. The summed E-state index contributed by atoms with van der Waals surface area (Å²) in [5.41, 5.74) is 0.126. The molecule has 0 aliphatic carbocycles. The van der Waals surface area contributed by atoms with E-state index in [0.717, 1.165) is 0 Å². The number of hydrogen-bond acceptors (Lipinski definition) is 4. The Bertz CT molecular complexity index is 667. The van der Waals surface area contributed by atoms with Crippen LogP contribution in [0.3, 0.4) is 0 Å². The predicted octanol–water partition coefficient (Wildman–Crippen LogP) is 1.28. The van der Waals surface area contributed by atoms with E-state index < -0.39 is 16.0 Å². The van der Waals surface area contributed by atoms with Gasteiger partial charge >= 0.3 is 5.97 Å². The molecule has 1 saturated heterocycles. The van der Waals surface area contributed by atoms with Gasteiger partial charge in [-0.05, 0) is 31.7 Å². The van der Waals surface area contributed by atoms with Crippen LogP contribution >= 0.6 is 11.6 Å². The fourth-order valence-electron chi connectivity index (χ4n) is 2.31. The molecule has 0 atom stereocenters. The highest BCUT2D eigenvalue weighted by Crippen LogP contribution is 2.27. The molecule has 0 bridgehead atoms. The van der Waals surface area contributed by atoms with Crippen LogP contribution in [0.25, 0.3) is 0 Å². The van der Waals surface area contributed by atoms with Crippen LogP contribution in [-0.2, 0) is 10.0 Å². The zero-order valence-electron chi connectivity index (χ0n) is 11.8. The molecule has 0 saturated carbocycles. The SMILES string of the molecule is Cc1c(C(=O)O)cc(Cl)cc1S(=O)(=O)N1CCN(C)CC1. The maximum absolute atomic E-state index is 12.7. The van der Waals surface area contributed by atoms with Gasteiger partial charge in [0.05, 0.1) is 10.5 Å². The minimum Gasteiger partial charge on any atom is -0.478 e. The molecule has 1 N–H and O–H groups in total. The van der Waals surface area contributed by atoms with Crippen LogP contribution in [0, 0.1) is 6.92 Å². The van der Waals surface area contributed by atoms with Crippen LogP contribution < -0.4 is 0 Å². The fourth-order valence-corrected chi connectivity index (χ4v) is 4.29. The van der Waals surface area contributed by atoms with Crippen LogP contribution in [0.15, 0.2) is 17.0 Å². The molecule has 21 heavy (non-hydrogen) atoms. The van der Waals surface area contributed by atoms with E-state index in [1.807, 2.05) is 11.9 Å². The van der Waals surface area contributed by atoms with Crippen molar-refractivity contribution in [2.45, 2.75) is 11.8 Å². The van der Waals surface area contributed by atoms with Crippen molar-refractivity contribution >= 4 is 27.6 Å². The molecule has 0 amide bonds. The summed E-state index contributed by atoms with van der Waals surface area (Å²) in [6, 6.07) is 2.58. The lowest BCUT2D eigenvalue weighted by Gasteiger charge is -2.32. The third kappa shape index (κ3) is 3.21. The van der Waals surface area contributed by atoms with Crippen molar-refractivity contribution < 1.29 is 18.3 Å². The zero-order valence-corrected chi connectivity index (χ0v) is 13.4. The minimum atomic E-state index is -3.74. The molecule has 1 fully saturated rings. The average Bonchev–Trinajstić information content (AvgIpc) is 2.41. The van der Waals surface area contributed by atoms with Gasteiger partial charge < -0.3 is 10.0 Å². The Morgan fingerprint density at radius 1 is 1.24 bits per heavy atom. The quantitative estimate of drug-likeness (QED) is 0.902. The van der Waals surface area contributed by atoms with Crippen molar-refractivity contribution in [2.24, 2.45) is 0 Å². The summed E-state index contributed by atoms with van der Waals surface area (Å²) in [4.78, 5) is 13.2. The van der Waals surface area contributed by atoms with Crippen molar-refractivity contribution in [3.8, 4) is 0 Å². The Hall–Kier alpha value is -1.15. The summed E-state index contributed by atoms with van der Waals surface area (Å²) in [7, 11) is -1.81. The van der Waals surface area contributed by atoms with Gasteiger partial charge in [-0.2, -0.15) is 4.31 Å². The minimum absolute atomic E-state index is 0.0306. The molecule has 1 aromatic carbocycles. The van der Waals surface area contributed by atoms with E-state index in [4.69, 9.17) is 16.7 Å². The van der Waals surface area contributed by atoms with Gasteiger partial charge in [-0.15, -0.1) is 0 Å². The molecule has 6 nitrogen and oxygen atoms in total. The molecular weight excluding hydrogens is 316 g/mol. The second kappa shape index (κ2) is 5.92. The topological polar surface area (TPSA) is 77.9 Å². The van der Waals surface area contributed by atoms with Crippen LogP contribution in [-0.4, -0.2) is 61.9 Å². The van der Waals surface area contributed by atoms with E-state index in [0.29, 0.717) is 26.2 Å². The lowest BCUT2D eigenvalue weighted by atomic mass is 10.1. The number of nitrogens with zero attached hydrogens (tertiary/aromatic N) is 2. The smallest absolute Gasteiger partial charge is 0.336 e. The molecule has 0 radical (unpaired) electrons. The van der Waals surface area contributed by atoms with Crippen LogP contribution in [0.4, 0.5) is 0 Å². The Morgan fingerprint density at radius 2 is 1.81 bits per heavy atom. The van der Waals surface area contributed by atoms with Gasteiger partial charge in [0, 0.05) is 31.2 Å². The number of aromatic carboxylic acids is 1. The van der Waals surface area contributed by atoms with Crippen molar-refractivity contribution in [3.63, 3.8) is 0 Å². The first-order chi connectivity index (χ1) is 9.73. The van der Waals surface area contributed by atoms with Crippen LogP contribution in [0.2, 0.25) is 5.02 Å². The maximum atomic E-state index is 12.7. The number of rotatable bonds is 3. The maximum Gasteiger partial charge on any atom is 0.336 e. The first kappa shape index (κ1) is 16.2. The Morgan fingerprint density at radius 3 is 2.33 bits per heavy atom. The van der Waals surface area contributed by atoms with Gasteiger partial charge in [0.2, 0.25) is 10.0 Å². The summed E-state index contributed by atoms with van der Waals surface area (Å²) in [5, 5.41) is 9.25. The largest absolute Gasteiger partial charge is 0.478 e. The Labute approximate surface area is 129 Å². The van der Waals surface area contributed by atoms with E-state index in [1.165, 1.54) is 23.4 Å². The molecule has 0 aromatic heterocycles. The molecular formula is C13H17ClN2O4S. The number of likely N-dealkylation sites (N-methyl/N-ethyl adjacent to an activating group) is 1. The van der Waals surface area contributed by atoms with E-state index in [1.54, 1.807) is 0 Å². The number of carboxylic acids is 1. The molecule has 1 aliphatic heterocycles. The van der Waals surface area contributed by atoms with Gasteiger partial charge in [0.15, 0.2) is 0 Å². The Kier molecular flexibility index (Phi) is 4.57. The summed E-state index contributed by atoms with van der Waals surface area (Å²) in [6.45, 7) is 3.54. The third-order valence-corrected chi connectivity index (χ3v) is 5.88. The number of hydrogen-bond donors (Lipinski definition) is 1. The first-order valence-electron chi connectivity index (χ1n) is 6.45.